The predicted molar refractivity (Wildman–Crippen MR) is 213 cm³/mol. The molecule has 5 aliphatic heterocycles. The van der Waals surface area contributed by atoms with Crippen molar-refractivity contribution >= 4 is 51.8 Å². The van der Waals surface area contributed by atoms with E-state index in [-0.39, 0.29) is 59.4 Å². The lowest BCUT2D eigenvalue weighted by atomic mass is 9.92. The summed E-state index contributed by atoms with van der Waals surface area (Å²) in [5.74, 6) is -0.210. The Bertz CT molecular complexity index is 2010. The molecule has 13 nitrogen and oxygen atoms in total. The number of ether oxygens (including phenoxy) is 2. The zero-order chi connectivity index (χ0) is 39.5. The van der Waals surface area contributed by atoms with E-state index in [0.29, 0.717) is 59.4 Å². The van der Waals surface area contributed by atoms with Crippen LogP contribution in [-0.4, -0.2) is 113 Å². The number of hydrogen-bond donors (Lipinski definition) is 3. The Morgan fingerprint density at radius 1 is 0.877 bits per heavy atom. The number of aromatic nitrogens is 2. The minimum absolute atomic E-state index is 0.0130. The van der Waals surface area contributed by atoms with E-state index >= 15 is 8.78 Å². The highest BCUT2D eigenvalue weighted by molar-refractivity contribution is 7.99. The lowest BCUT2D eigenvalue weighted by molar-refractivity contribution is -0.139. The Hall–Kier alpha value is -4.28. The van der Waals surface area contributed by atoms with Gasteiger partial charge in [0.2, 0.25) is 17.7 Å². The summed E-state index contributed by atoms with van der Waals surface area (Å²) in [6.45, 7) is 5.74. The molecule has 57 heavy (non-hydrogen) atoms. The summed E-state index contributed by atoms with van der Waals surface area (Å²) in [5.41, 5.74) is 0.830. The summed E-state index contributed by atoms with van der Waals surface area (Å²) in [6, 6.07) is 7.86. The molecule has 5 saturated heterocycles. The molecule has 306 valence electrons. The molecule has 1 aromatic heterocycles. The molecular formula is C41H51F2N7O6S. The van der Waals surface area contributed by atoms with Crippen molar-refractivity contribution < 1.29 is 32.6 Å². The number of thioether (sulfide) groups is 1. The third-order valence-electron chi connectivity index (χ3n) is 12.2. The van der Waals surface area contributed by atoms with Gasteiger partial charge in [0, 0.05) is 99.9 Å². The van der Waals surface area contributed by atoms with Crippen LogP contribution in [0.5, 0.6) is 5.75 Å². The summed E-state index contributed by atoms with van der Waals surface area (Å²) < 4.78 is 41.8. The number of halogens is 2. The molecule has 2 atom stereocenters. The molecule has 2 aromatic carbocycles. The molecule has 0 spiro atoms. The normalized spacial score (nSPS) is 23.6. The van der Waals surface area contributed by atoms with Gasteiger partial charge >= 0.3 is 0 Å². The summed E-state index contributed by atoms with van der Waals surface area (Å²) >= 11 is 1.72. The van der Waals surface area contributed by atoms with Gasteiger partial charge in [-0.15, -0.1) is 0 Å². The van der Waals surface area contributed by atoms with Crippen molar-refractivity contribution in [2.45, 2.75) is 93.3 Å². The van der Waals surface area contributed by atoms with E-state index in [0.717, 1.165) is 84.3 Å². The maximum atomic E-state index is 15.2. The topological polar surface area (TPSA) is 149 Å². The Morgan fingerprint density at radius 3 is 2.39 bits per heavy atom. The van der Waals surface area contributed by atoms with Crippen LogP contribution in [0.25, 0.3) is 10.9 Å². The largest absolute Gasteiger partial charge is 0.493 e. The molecule has 2 unspecified atom stereocenters. The first-order valence-corrected chi connectivity index (χ1v) is 21.4. The number of benzene rings is 2. The van der Waals surface area contributed by atoms with Crippen LogP contribution in [0, 0.1) is 17.6 Å². The first-order valence-electron chi connectivity index (χ1n) is 20.4. The van der Waals surface area contributed by atoms with Gasteiger partial charge in [-0.3, -0.25) is 24.5 Å². The van der Waals surface area contributed by atoms with E-state index in [1.165, 1.54) is 12.1 Å². The van der Waals surface area contributed by atoms with Crippen LogP contribution >= 0.6 is 11.8 Å². The van der Waals surface area contributed by atoms with E-state index in [1.807, 2.05) is 4.90 Å². The smallest absolute Gasteiger partial charge is 0.261 e. The molecule has 6 heterocycles. The number of aromatic amines is 1. The number of nitrogens with zero attached hydrogens (tertiary/aromatic N) is 4. The molecule has 0 aliphatic carbocycles. The third-order valence-corrected chi connectivity index (χ3v) is 13.6. The number of H-pyrrole nitrogens is 1. The van der Waals surface area contributed by atoms with Gasteiger partial charge in [-0.1, -0.05) is 0 Å². The second kappa shape index (κ2) is 17.7. The highest BCUT2D eigenvalue weighted by Gasteiger charge is 2.35. The predicted octanol–water partition coefficient (Wildman–Crippen LogP) is 4.58. The van der Waals surface area contributed by atoms with Crippen molar-refractivity contribution in [1.82, 2.24) is 25.1 Å². The molecule has 5 aliphatic rings. The molecule has 0 radical (unpaired) electrons. The molecule has 16 heteroatoms. The SMILES string of the molecule is O=C1CCC(Nc2ccc(N3CCC(N4CCC(N5CCC(COc6cc(F)c7c(=O)[nH]c(CSC8CCOCC8)nc7c6)CC5=O)CC4)CC3)c(F)c2)C(=O)N1. The van der Waals surface area contributed by atoms with E-state index in [2.05, 4.69) is 30.4 Å². The number of carbonyl (C=O) groups excluding carboxylic acids is 3. The first kappa shape index (κ1) is 39.5. The van der Waals surface area contributed by atoms with Crippen molar-refractivity contribution in [3.8, 4) is 5.75 Å². The minimum atomic E-state index is -0.676. The number of piperidine rings is 4. The van der Waals surface area contributed by atoms with Gasteiger partial charge in [0.05, 0.1) is 23.6 Å². The zero-order valence-corrected chi connectivity index (χ0v) is 32.9. The van der Waals surface area contributed by atoms with Gasteiger partial charge in [-0.25, -0.2) is 13.8 Å². The third kappa shape index (κ3) is 9.38. The van der Waals surface area contributed by atoms with Gasteiger partial charge in [-0.05, 0) is 69.6 Å². The summed E-state index contributed by atoms with van der Waals surface area (Å²) in [7, 11) is 0. The summed E-state index contributed by atoms with van der Waals surface area (Å²) in [5, 5.41) is 5.73. The number of rotatable bonds is 11. The fraction of sp³-hybridized carbons (Fsp3) is 0.585. The minimum Gasteiger partial charge on any atom is -0.493 e. The maximum Gasteiger partial charge on any atom is 0.261 e. The van der Waals surface area contributed by atoms with Gasteiger partial charge < -0.3 is 34.5 Å². The number of amides is 3. The number of nitrogens with one attached hydrogen (secondary N) is 3. The van der Waals surface area contributed by atoms with Crippen LogP contribution in [0.15, 0.2) is 35.1 Å². The Morgan fingerprint density at radius 2 is 1.65 bits per heavy atom. The van der Waals surface area contributed by atoms with Crippen molar-refractivity contribution in [3.63, 3.8) is 0 Å². The lowest BCUT2D eigenvalue weighted by Crippen LogP contribution is -2.53. The van der Waals surface area contributed by atoms with Crippen LogP contribution in [0.1, 0.15) is 70.0 Å². The average molecular weight is 808 g/mol. The Labute approximate surface area is 334 Å². The van der Waals surface area contributed by atoms with E-state index in [9.17, 15) is 19.2 Å². The quantitative estimate of drug-likeness (QED) is 0.234. The summed E-state index contributed by atoms with van der Waals surface area (Å²) in [6.07, 6.45) is 7.41. The highest BCUT2D eigenvalue weighted by atomic mass is 32.2. The number of carbonyl (C=O) groups is 3. The molecule has 5 fully saturated rings. The molecule has 3 aromatic rings. The lowest BCUT2D eigenvalue weighted by Gasteiger charge is -2.45. The average Bonchev–Trinajstić information content (AvgIpc) is 3.21. The number of fused-ring (bicyclic) bond motifs is 1. The molecule has 0 saturated carbocycles. The summed E-state index contributed by atoms with van der Waals surface area (Å²) in [4.78, 5) is 63.6. The zero-order valence-electron chi connectivity index (χ0n) is 32.1. The Kier molecular flexibility index (Phi) is 12.3. The van der Waals surface area contributed by atoms with Crippen LogP contribution in [-0.2, 0) is 24.9 Å². The van der Waals surface area contributed by atoms with Crippen LogP contribution in [0.4, 0.5) is 20.2 Å². The van der Waals surface area contributed by atoms with Crippen LogP contribution in [0.2, 0.25) is 0 Å². The number of imide groups is 1. The molecule has 3 amide bonds. The number of anilines is 2. The van der Waals surface area contributed by atoms with E-state index in [4.69, 9.17) is 9.47 Å². The van der Waals surface area contributed by atoms with Gasteiger partial charge in [0.15, 0.2) is 0 Å². The van der Waals surface area contributed by atoms with Crippen LogP contribution in [0.3, 0.4) is 0 Å². The second-order valence-electron chi connectivity index (χ2n) is 16.0. The van der Waals surface area contributed by atoms with Gasteiger partial charge in [0.25, 0.3) is 5.56 Å². The maximum absolute atomic E-state index is 15.2. The molecule has 0 bridgehead atoms. The van der Waals surface area contributed by atoms with Crippen molar-refractivity contribution in [2.24, 2.45) is 5.92 Å². The van der Waals surface area contributed by atoms with Crippen molar-refractivity contribution in [1.29, 1.82) is 0 Å². The fourth-order valence-corrected chi connectivity index (χ4v) is 10.1. The van der Waals surface area contributed by atoms with Gasteiger partial charge in [-0.2, -0.15) is 11.8 Å². The van der Waals surface area contributed by atoms with Crippen molar-refractivity contribution in [3.05, 3.63) is 58.1 Å². The van der Waals surface area contributed by atoms with E-state index in [1.54, 1.807) is 30.0 Å². The second-order valence-corrected chi connectivity index (χ2v) is 17.3. The number of hydrogen-bond acceptors (Lipinski definition) is 11. The monoisotopic (exact) mass is 807 g/mol. The fourth-order valence-electron chi connectivity index (χ4n) is 9.01. The highest BCUT2D eigenvalue weighted by Crippen LogP contribution is 2.32. The van der Waals surface area contributed by atoms with E-state index < -0.39 is 17.4 Å². The molecule has 8 rings (SSSR count). The standard InChI is InChI=1S/C41H51F2N7O6S/c42-31-20-26(44-33-2-4-37(51)47-40(33)53)1-3-35(31)49-14-6-27(7-15-49)48-12-8-28(9-13-48)50-16-5-25(19-38(50)52)23-56-29-21-32(43)39-34(22-29)45-36(46-41(39)54)24-57-30-10-17-55-18-11-30/h1,3,20-22,25,27-28,30,33,44H,2,4-19,23-24H2,(H,45,46,54)(H,47,51,53). The first-order chi connectivity index (χ1) is 27.7. The molecular weight excluding hydrogens is 757 g/mol. The van der Waals surface area contributed by atoms with Crippen molar-refractivity contribution in [2.75, 3.05) is 62.8 Å². The molecule has 3 N–H and O–H groups in total. The van der Waals surface area contributed by atoms with Crippen LogP contribution < -0.4 is 25.8 Å². The Balaban J connectivity index is 0.771. The number of likely N-dealkylation sites (tertiary alicyclic amines) is 2. The van der Waals surface area contributed by atoms with Gasteiger partial charge in [0.1, 0.15) is 34.6 Å².